The molecule has 0 bridgehead atoms. The molecule has 0 saturated heterocycles. The van der Waals surface area contributed by atoms with Crippen LogP contribution in [0.2, 0.25) is 0 Å². The van der Waals surface area contributed by atoms with Crippen molar-refractivity contribution in [1.29, 1.82) is 0 Å². The maximum absolute atomic E-state index is 12.0. The van der Waals surface area contributed by atoms with E-state index in [0.717, 1.165) is 17.1 Å². The van der Waals surface area contributed by atoms with Crippen molar-refractivity contribution in [2.75, 3.05) is 5.88 Å². The Bertz CT molecular complexity index is 544. The summed E-state index contributed by atoms with van der Waals surface area (Å²) >= 11 is 7.02. The van der Waals surface area contributed by atoms with E-state index in [1.807, 2.05) is 30.3 Å². The highest BCUT2D eigenvalue weighted by molar-refractivity contribution is 7.08. The van der Waals surface area contributed by atoms with E-state index in [4.69, 9.17) is 11.6 Å². The van der Waals surface area contributed by atoms with Gasteiger partial charge in [0, 0.05) is 11.9 Å². The van der Waals surface area contributed by atoms with E-state index in [1.165, 1.54) is 0 Å². The molecule has 0 saturated carbocycles. The van der Waals surface area contributed by atoms with Gasteiger partial charge in [-0.1, -0.05) is 34.8 Å². The summed E-state index contributed by atoms with van der Waals surface area (Å²) in [6.07, 6.45) is 0.710. The molecular weight excluding hydrogens is 282 g/mol. The van der Waals surface area contributed by atoms with Gasteiger partial charge in [0.25, 0.3) is 5.91 Å². The van der Waals surface area contributed by atoms with Gasteiger partial charge in [0.05, 0.1) is 5.69 Å². The molecule has 1 N–H and O–H groups in total. The quantitative estimate of drug-likeness (QED) is 0.862. The zero-order valence-corrected chi connectivity index (χ0v) is 12.0. The van der Waals surface area contributed by atoms with Crippen LogP contribution in [0.4, 0.5) is 0 Å². The van der Waals surface area contributed by atoms with Gasteiger partial charge in [0.15, 0.2) is 0 Å². The molecule has 1 atom stereocenters. The van der Waals surface area contributed by atoms with Crippen molar-refractivity contribution in [2.45, 2.75) is 19.4 Å². The molecule has 1 aromatic heterocycles. The molecule has 6 heteroatoms. The number of alkyl halides is 1. The van der Waals surface area contributed by atoms with Gasteiger partial charge < -0.3 is 5.32 Å². The van der Waals surface area contributed by atoms with E-state index >= 15 is 0 Å². The fraction of sp³-hybridized carbons (Fsp3) is 0.308. The fourth-order valence-corrected chi connectivity index (χ4v) is 2.48. The maximum atomic E-state index is 12.0. The molecule has 100 valence electrons. The molecule has 1 aromatic carbocycles. The number of halogens is 1. The molecule has 0 fully saturated rings. The second-order valence-electron chi connectivity index (χ2n) is 4.20. The maximum Gasteiger partial charge on any atom is 0.265 e. The Kier molecular flexibility index (Phi) is 4.87. The number of nitrogens with zero attached hydrogens (tertiary/aromatic N) is 2. The van der Waals surface area contributed by atoms with E-state index in [9.17, 15) is 4.79 Å². The van der Waals surface area contributed by atoms with Gasteiger partial charge in [-0.2, -0.15) is 0 Å². The third kappa shape index (κ3) is 3.75. The lowest BCUT2D eigenvalue weighted by molar-refractivity contribution is 0.0944. The molecule has 4 nitrogen and oxygen atoms in total. The van der Waals surface area contributed by atoms with Crippen LogP contribution in [0.3, 0.4) is 0 Å². The smallest absolute Gasteiger partial charge is 0.265 e. The monoisotopic (exact) mass is 295 g/mol. The first kappa shape index (κ1) is 14.0. The van der Waals surface area contributed by atoms with Gasteiger partial charge in [-0.05, 0) is 30.4 Å². The van der Waals surface area contributed by atoms with E-state index in [0.29, 0.717) is 22.9 Å². The summed E-state index contributed by atoms with van der Waals surface area (Å²) in [5.41, 5.74) is 1.79. The number of hydrogen-bond acceptors (Lipinski definition) is 4. The van der Waals surface area contributed by atoms with Crippen LogP contribution >= 0.6 is 23.1 Å². The minimum atomic E-state index is -0.158. The molecule has 19 heavy (non-hydrogen) atoms. The van der Waals surface area contributed by atoms with Crippen LogP contribution in [0.15, 0.2) is 30.3 Å². The summed E-state index contributed by atoms with van der Waals surface area (Å²) in [5, 5.41) is 6.75. The highest BCUT2D eigenvalue weighted by Gasteiger charge is 2.17. The second-order valence-corrected chi connectivity index (χ2v) is 5.26. The Balaban J connectivity index is 2.00. The van der Waals surface area contributed by atoms with Crippen molar-refractivity contribution in [1.82, 2.24) is 14.9 Å². The molecule has 1 unspecified atom stereocenters. The Hall–Kier alpha value is -1.46. The SMILES string of the molecule is Cc1nnsc1C(=O)NC(CCl)Cc1ccccc1. The highest BCUT2D eigenvalue weighted by atomic mass is 35.5. The van der Waals surface area contributed by atoms with E-state index in [-0.39, 0.29) is 11.9 Å². The van der Waals surface area contributed by atoms with E-state index < -0.39 is 0 Å². The largest absolute Gasteiger partial charge is 0.347 e. The van der Waals surface area contributed by atoms with Crippen molar-refractivity contribution < 1.29 is 4.79 Å². The zero-order chi connectivity index (χ0) is 13.7. The molecule has 2 rings (SSSR count). The summed E-state index contributed by atoms with van der Waals surface area (Å²) < 4.78 is 3.76. The van der Waals surface area contributed by atoms with E-state index in [2.05, 4.69) is 14.9 Å². The lowest BCUT2D eigenvalue weighted by Gasteiger charge is -2.15. The van der Waals surface area contributed by atoms with Crippen LogP contribution in [0, 0.1) is 6.92 Å². The number of nitrogens with one attached hydrogen (secondary N) is 1. The van der Waals surface area contributed by atoms with Crippen molar-refractivity contribution in [2.24, 2.45) is 0 Å². The van der Waals surface area contributed by atoms with E-state index in [1.54, 1.807) is 6.92 Å². The number of benzene rings is 1. The average Bonchev–Trinajstić information content (AvgIpc) is 2.85. The van der Waals surface area contributed by atoms with Crippen molar-refractivity contribution >= 4 is 29.0 Å². The minimum absolute atomic E-state index is 0.0990. The molecule has 1 amide bonds. The minimum Gasteiger partial charge on any atom is -0.347 e. The van der Waals surface area contributed by atoms with Crippen LogP contribution in [0.5, 0.6) is 0 Å². The summed E-state index contributed by atoms with van der Waals surface area (Å²) in [7, 11) is 0. The second kappa shape index (κ2) is 6.63. The number of amides is 1. The average molecular weight is 296 g/mol. The first-order chi connectivity index (χ1) is 9.20. The van der Waals surface area contributed by atoms with Crippen molar-refractivity contribution in [3.63, 3.8) is 0 Å². The third-order valence-corrected chi connectivity index (χ3v) is 3.90. The molecule has 0 aliphatic rings. The van der Waals surface area contributed by atoms with Crippen molar-refractivity contribution in [3.8, 4) is 0 Å². The predicted octanol–water partition coefficient (Wildman–Crippen LogP) is 2.43. The van der Waals surface area contributed by atoms with Gasteiger partial charge in [0.1, 0.15) is 4.88 Å². The normalized spacial score (nSPS) is 12.1. The number of aromatic nitrogens is 2. The van der Waals surface area contributed by atoms with Gasteiger partial charge in [0.2, 0.25) is 0 Å². The summed E-state index contributed by atoms with van der Waals surface area (Å²) in [6.45, 7) is 1.77. The van der Waals surface area contributed by atoms with Gasteiger partial charge in [-0.15, -0.1) is 16.7 Å². The van der Waals surface area contributed by atoms with Crippen molar-refractivity contribution in [3.05, 3.63) is 46.5 Å². The van der Waals surface area contributed by atoms with Crippen LogP contribution in [-0.2, 0) is 6.42 Å². The first-order valence-electron chi connectivity index (χ1n) is 5.90. The standard InChI is InChI=1S/C13H14ClN3OS/c1-9-12(19-17-16-9)13(18)15-11(8-14)7-10-5-3-2-4-6-10/h2-6,11H,7-8H2,1H3,(H,15,18). The highest BCUT2D eigenvalue weighted by Crippen LogP contribution is 2.10. The summed E-state index contributed by atoms with van der Waals surface area (Å²) in [6, 6.07) is 9.85. The summed E-state index contributed by atoms with van der Waals surface area (Å²) in [4.78, 5) is 12.6. The Labute approximate surface area is 121 Å². The Morgan fingerprint density at radius 3 is 2.74 bits per heavy atom. The lowest BCUT2D eigenvalue weighted by atomic mass is 10.1. The predicted molar refractivity (Wildman–Crippen MR) is 76.8 cm³/mol. The van der Waals surface area contributed by atoms with Crippen LogP contribution in [0.1, 0.15) is 20.9 Å². The number of rotatable bonds is 5. The molecule has 0 spiro atoms. The first-order valence-corrected chi connectivity index (χ1v) is 7.21. The molecular formula is C13H14ClN3OS. The summed E-state index contributed by atoms with van der Waals surface area (Å²) in [5.74, 6) is 0.209. The number of carbonyl (C=O) groups is 1. The molecule has 1 heterocycles. The topological polar surface area (TPSA) is 54.9 Å². The fourth-order valence-electron chi connectivity index (χ4n) is 1.73. The Morgan fingerprint density at radius 2 is 2.16 bits per heavy atom. The molecule has 2 aromatic rings. The van der Waals surface area contributed by atoms with Crippen LogP contribution in [-0.4, -0.2) is 27.4 Å². The number of aryl methyl sites for hydroxylation is 1. The molecule has 0 radical (unpaired) electrons. The van der Waals surface area contributed by atoms with Crippen LogP contribution in [0.25, 0.3) is 0 Å². The lowest BCUT2D eigenvalue weighted by Crippen LogP contribution is -2.37. The third-order valence-electron chi connectivity index (χ3n) is 2.70. The van der Waals surface area contributed by atoms with Gasteiger partial charge >= 0.3 is 0 Å². The Morgan fingerprint density at radius 1 is 1.42 bits per heavy atom. The number of carbonyl (C=O) groups excluding carboxylic acids is 1. The van der Waals surface area contributed by atoms with Crippen LogP contribution < -0.4 is 5.32 Å². The number of hydrogen-bond donors (Lipinski definition) is 1. The van der Waals surface area contributed by atoms with Gasteiger partial charge in [-0.25, -0.2) is 0 Å². The van der Waals surface area contributed by atoms with Gasteiger partial charge in [-0.3, -0.25) is 4.79 Å². The molecule has 0 aliphatic carbocycles. The zero-order valence-electron chi connectivity index (χ0n) is 10.5. The molecule has 0 aliphatic heterocycles.